The molecule has 52 valence electrons. The first kappa shape index (κ1) is 6.55. The van der Waals surface area contributed by atoms with E-state index in [9.17, 15) is 4.79 Å². The highest BCUT2D eigenvalue weighted by atomic mass is 16.7. The molecule has 1 aliphatic rings. The summed E-state index contributed by atoms with van der Waals surface area (Å²) in [6.45, 7) is 2.49. The first-order valence-electron chi connectivity index (χ1n) is 3.14. The summed E-state index contributed by atoms with van der Waals surface area (Å²) in [5, 5.41) is 0. The van der Waals surface area contributed by atoms with Crippen molar-refractivity contribution in [3.63, 3.8) is 0 Å². The number of hydrogen-bond donors (Lipinski definition) is 0. The molecular formula is C6H10O3. The Morgan fingerprint density at radius 2 is 2.67 bits per heavy atom. The summed E-state index contributed by atoms with van der Waals surface area (Å²) >= 11 is 0. The molecule has 0 aromatic carbocycles. The third-order valence-electron chi connectivity index (χ3n) is 1.20. The maximum Gasteiger partial charge on any atom is 0.308 e. The average molecular weight is 130 g/mol. The van der Waals surface area contributed by atoms with Gasteiger partial charge in [-0.05, 0) is 6.92 Å². The lowest BCUT2D eigenvalue weighted by Gasteiger charge is -2.06. The van der Waals surface area contributed by atoms with Crippen LogP contribution in [0.4, 0.5) is 0 Å². The zero-order valence-corrected chi connectivity index (χ0v) is 5.42. The van der Waals surface area contributed by atoms with Crippen molar-refractivity contribution in [2.75, 3.05) is 6.61 Å². The fourth-order valence-electron chi connectivity index (χ4n) is 0.803. The van der Waals surface area contributed by atoms with E-state index in [2.05, 4.69) is 0 Å². The molecule has 0 N–H and O–H groups in total. The number of carbonyl (C=O) groups is 1. The summed E-state index contributed by atoms with van der Waals surface area (Å²) in [6.07, 6.45) is 0.958. The van der Waals surface area contributed by atoms with E-state index in [4.69, 9.17) is 9.47 Å². The first-order chi connectivity index (χ1) is 4.33. The zero-order valence-electron chi connectivity index (χ0n) is 5.42. The first-order valence-corrected chi connectivity index (χ1v) is 3.14. The van der Waals surface area contributed by atoms with Gasteiger partial charge in [0.25, 0.3) is 0 Å². The minimum atomic E-state index is -0.262. The lowest BCUT2D eigenvalue weighted by Crippen LogP contribution is -2.10. The van der Waals surface area contributed by atoms with E-state index in [1.165, 1.54) is 0 Å². The van der Waals surface area contributed by atoms with Gasteiger partial charge in [0.1, 0.15) is 0 Å². The van der Waals surface area contributed by atoms with Crippen molar-refractivity contribution < 1.29 is 14.3 Å². The van der Waals surface area contributed by atoms with Crippen LogP contribution in [0, 0.1) is 0 Å². The summed E-state index contributed by atoms with van der Waals surface area (Å²) in [5.74, 6) is -0.145. The van der Waals surface area contributed by atoms with Gasteiger partial charge < -0.3 is 9.47 Å². The standard InChI is InChI=1S/C6H10O3/c1-2-8-6-4-3-5(7)9-6/h6H,2-4H2,1H3/t6-/m1/s1. The van der Waals surface area contributed by atoms with Gasteiger partial charge in [-0.15, -0.1) is 0 Å². The molecule has 0 unspecified atom stereocenters. The molecule has 3 nitrogen and oxygen atoms in total. The highest BCUT2D eigenvalue weighted by Gasteiger charge is 2.22. The molecule has 0 aromatic rings. The zero-order chi connectivity index (χ0) is 6.69. The Labute approximate surface area is 53.9 Å². The molecule has 1 saturated heterocycles. The quantitative estimate of drug-likeness (QED) is 0.516. The number of rotatable bonds is 2. The number of hydrogen-bond acceptors (Lipinski definition) is 3. The molecule has 0 bridgehead atoms. The van der Waals surface area contributed by atoms with Crippen LogP contribution in [0.2, 0.25) is 0 Å². The summed E-state index contributed by atoms with van der Waals surface area (Å²) in [5.41, 5.74) is 0. The molecular weight excluding hydrogens is 120 g/mol. The number of ether oxygens (including phenoxy) is 2. The van der Waals surface area contributed by atoms with Gasteiger partial charge in [-0.2, -0.15) is 0 Å². The Morgan fingerprint density at radius 1 is 1.89 bits per heavy atom. The Bertz CT molecular complexity index is 111. The van der Waals surface area contributed by atoms with Crippen LogP contribution in [0.25, 0.3) is 0 Å². The molecule has 1 fully saturated rings. The van der Waals surface area contributed by atoms with Crippen LogP contribution in [-0.2, 0) is 14.3 Å². The van der Waals surface area contributed by atoms with Crippen molar-refractivity contribution in [1.29, 1.82) is 0 Å². The second kappa shape index (κ2) is 2.82. The van der Waals surface area contributed by atoms with Crippen molar-refractivity contribution in [2.45, 2.75) is 26.1 Å². The van der Waals surface area contributed by atoms with Crippen LogP contribution in [0.5, 0.6) is 0 Å². The minimum Gasteiger partial charge on any atom is -0.436 e. The lowest BCUT2D eigenvalue weighted by atomic mass is 10.3. The topological polar surface area (TPSA) is 35.5 Å². The van der Waals surface area contributed by atoms with E-state index < -0.39 is 0 Å². The largest absolute Gasteiger partial charge is 0.436 e. The van der Waals surface area contributed by atoms with Gasteiger partial charge in [0.05, 0.1) is 6.42 Å². The van der Waals surface area contributed by atoms with E-state index in [1.54, 1.807) is 0 Å². The van der Waals surface area contributed by atoms with E-state index in [0.29, 0.717) is 19.4 Å². The molecule has 1 aliphatic heterocycles. The minimum absolute atomic E-state index is 0.145. The van der Waals surface area contributed by atoms with Gasteiger partial charge in [-0.25, -0.2) is 0 Å². The van der Waals surface area contributed by atoms with Gasteiger partial charge in [0, 0.05) is 13.0 Å². The third-order valence-corrected chi connectivity index (χ3v) is 1.20. The van der Waals surface area contributed by atoms with Crippen molar-refractivity contribution in [3.8, 4) is 0 Å². The van der Waals surface area contributed by atoms with Gasteiger partial charge in [0.2, 0.25) is 6.29 Å². The van der Waals surface area contributed by atoms with Gasteiger partial charge in [-0.3, -0.25) is 4.79 Å². The molecule has 0 aliphatic carbocycles. The monoisotopic (exact) mass is 130 g/mol. The van der Waals surface area contributed by atoms with E-state index >= 15 is 0 Å². The molecule has 9 heavy (non-hydrogen) atoms. The van der Waals surface area contributed by atoms with Crippen LogP contribution >= 0.6 is 0 Å². The summed E-state index contributed by atoms with van der Waals surface area (Å²) in [6, 6.07) is 0. The SMILES string of the molecule is CCO[C@H]1CCC(=O)O1. The van der Waals surface area contributed by atoms with Crippen molar-refractivity contribution >= 4 is 5.97 Å². The molecule has 1 atom stereocenters. The van der Waals surface area contributed by atoms with Crippen LogP contribution in [0.15, 0.2) is 0 Å². The Balaban J connectivity index is 2.22. The molecule has 0 saturated carbocycles. The highest BCUT2D eigenvalue weighted by Crippen LogP contribution is 2.13. The Kier molecular flexibility index (Phi) is 2.05. The normalized spacial score (nSPS) is 26.3. The van der Waals surface area contributed by atoms with E-state index in [-0.39, 0.29) is 12.3 Å². The second-order valence-electron chi connectivity index (χ2n) is 1.91. The van der Waals surface area contributed by atoms with Crippen LogP contribution < -0.4 is 0 Å². The fourth-order valence-corrected chi connectivity index (χ4v) is 0.803. The molecule has 1 heterocycles. The molecule has 0 amide bonds. The van der Waals surface area contributed by atoms with Gasteiger partial charge in [0.15, 0.2) is 0 Å². The number of carbonyl (C=O) groups excluding carboxylic acids is 1. The smallest absolute Gasteiger partial charge is 0.308 e. The van der Waals surface area contributed by atoms with E-state index in [1.807, 2.05) is 6.92 Å². The van der Waals surface area contributed by atoms with Crippen LogP contribution in [0.3, 0.4) is 0 Å². The molecule has 0 spiro atoms. The molecule has 1 rings (SSSR count). The van der Waals surface area contributed by atoms with E-state index in [0.717, 1.165) is 0 Å². The van der Waals surface area contributed by atoms with Gasteiger partial charge in [-0.1, -0.05) is 0 Å². The molecule has 3 heteroatoms. The van der Waals surface area contributed by atoms with Crippen LogP contribution in [-0.4, -0.2) is 18.9 Å². The molecule has 0 radical (unpaired) electrons. The summed E-state index contributed by atoms with van der Waals surface area (Å²) < 4.78 is 9.77. The maximum atomic E-state index is 10.4. The predicted octanol–water partition coefficient (Wildman–Crippen LogP) is 0.686. The number of cyclic esters (lactones) is 1. The average Bonchev–Trinajstić information content (AvgIpc) is 2.17. The lowest BCUT2D eigenvalue weighted by molar-refractivity contribution is -0.161. The second-order valence-corrected chi connectivity index (χ2v) is 1.91. The number of esters is 1. The summed E-state index contributed by atoms with van der Waals surface area (Å²) in [4.78, 5) is 10.4. The third kappa shape index (κ3) is 1.68. The van der Waals surface area contributed by atoms with Crippen molar-refractivity contribution in [1.82, 2.24) is 0 Å². The maximum absolute atomic E-state index is 10.4. The van der Waals surface area contributed by atoms with Crippen LogP contribution in [0.1, 0.15) is 19.8 Å². The Morgan fingerprint density at radius 3 is 3.11 bits per heavy atom. The fraction of sp³-hybridized carbons (Fsp3) is 0.833. The Hall–Kier alpha value is -0.570. The highest BCUT2D eigenvalue weighted by molar-refractivity contribution is 5.71. The molecule has 0 aromatic heterocycles. The van der Waals surface area contributed by atoms with Gasteiger partial charge >= 0.3 is 5.97 Å². The van der Waals surface area contributed by atoms with Crippen molar-refractivity contribution in [3.05, 3.63) is 0 Å². The van der Waals surface area contributed by atoms with Crippen molar-refractivity contribution in [2.24, 2.45) is 0 Å². The predicted molar refractivity (Wildman–Crippen MR) is 30.7 cm³/mol. The summed E-state index contributed by atoms with van der Waals surface area (Å²) in [7, 11) is 0.